The Labute approximate surface area is 264 Å². The Kier molecular flexibility index (Phi) is 9.52. The van der Waals surface area contributed by atoms with Crippen LogP contribution >= 0.6 is 0 Å². The summed E-state index contributed by atoms with van der Waals surface area (Å²) in [6.45, 7) is 7.59. The first-order valence-electron chi connectivity index (χ1n) is 14.6. The van der Waals surface area contributed by atoms with Gasteiger partial charge in [-0.1, -0.05) is 45.0 Å². The van der Waals surface area contributed by atoms with Gasteiger partial charge in [0.25, 0.3) is 5.91 Å². The van der Waals surface area contributed by atoms with Crippen LogP contribution < -0.4 is 14.4 Å². The molecule has 4 aromatic rings. The third-order valence-electron chi connectivity index (χ3n) is 7.49. The maximum Gasteiger partial charge on any atom is 0.258 e. The quantitative estimate of drug-likeness (QED) is 0.166. The summed E-state index contributed by atoms with van der Waals surface area (Å²) < 4.78 is 42.7. The van der Waals surface area contributed by atoms with Crippen LogP contribution in [0.15, 0.2) is 73.1 Å². The molecule has 5 rings (SSSR count). The van der Waals surface area contributed by atoms with E-state index in [1.165, 1.54) is 5.56 Å². The number of hydrogen-bond acceptors (Lipinski definition) is 8. The molecule has 1 amide bonds. The van der Waals surface area contributed by atoms with Gasteiger partial charge in [-0.25, -0.2) is 18.4 Å². The number of ether oxygens (including phenoxy) is 3. The number of amides is 1. The Hall–Kier alpha value is -4.32. The van der Waals surface area contributed by atoms with Crippen molar-refractivity contribution in [3.8, 4) is 28.3 Å². The van der Waals surface area contributed by atoms with Crippen molar-refractivity contribution in [3.05, 3.63) is 89.7 Å². The molecule has 3 aromatic carbocycles. The number of benzene rings is 3. The van der Waals surface area contributed by atoms with Crippen LogP contribution in [-0.4, -0.2) is 64.2 Å². The molecule has 10 nitrogen and oxygen atoms in total. The molecule has 236 valence electrons. The number of nitrogens with zero attached hydrogens (tertiary/aromatic N) is 3. The lowest BCUT2D eigenvalue weighted by molar-refractivity contribution is -0.00814. The first-order valence-corrected chi connectivity index (χ1v) is 16.5. The van der Waals surface area contributed by atoms with E-state index in [-0.39, 0.29) is 29.6 Å². The Bertz CT molecular complexity index is 1790. The van der Waals surface area contributed by atoms with Gasteiger partial charge in [-0.15, -0.1) is 0 Å². The van der Waals surface area contributed by atoms with Gasteiger partial charge >= 0.3 is 0 Å². The highest BCUT2D eigenvalue weighted by Gasteiger charge is 2.27. The Morgan fingerprint density at radius 1 is 0.933 bits per heavy atom. The molecule has 0 spiro atoms. The molecule has 1 aliphatic heterocycles. The van der Waals surface area contributed by atoms with Crippen LogP contribution in [-0.2, 0) is 31.3 Å². The number of rotatable bonds is 11. The molecular weight excluding hydrogens is 592 g/mol. The van der Waals surface area contributed by atoms with Crippen LogP contribution in [0.25, 0.3) is 22.5 Å². The number of sulfonamides is 1. The minimum Gasteiger partial charge on any atom is -0.465 e. The fourth-order valence-electron chi connectivity index (χ4n) is 5.19. The number of anilines is 2. The largest absolute Gasteiger partial charge is 0.465 e. The van der Waals surface area contributed by atoms with E-state index in [0.717, 1.165) is 28.5 Å². The Morgan fingerprint density at radius 3 is 2.40 bits per heavy atom. The molecule has 1 aliphatic rings. The van der Waals surface area contributed by atoms with E-state index in [1.807, 2.05) is 12.1 Å². The lowest BCUT2D eigenvalue weighted by Gasteiger charge is -2.30. The number of methoxy groups -OCH3 is 1. The molecule has 0 saturated heterocycles. The standard InChI is InChI=1S/C34H38N4O6S/c1-34(2,3)25-8-11-27(29(20-25)32-35-14-6-15-36-32)23-7-10-28-24(19-23)13-16-38(33(28)39)26-9-12-31(44-22-43-18-17-42-4)30(21-26)37-45(5,40)41/h6-12,14-15,19-21,37H,13,16-18,22H2,1-5H3. The second-order valence-electron chi connectivity index (χ2n) is 11.9. The van der Waals surface area contributed by atoms with Gasteiger partial charge in [-0.2, -0.15) is 0 Å². The van der Waals surface area contributed by atoms with Crippen LogP contribution in [0.4, 0.5) is 11.4 Å². The van der Waals surface area contributed by atoms with E-state index in [2.05, 4.69) is 59.7 Å². The molecule has 0 bridgehead atoms. The smallest absolute Gasteiger partial charge is 0.258 e. The predicted octanol–water partition coefficient (Wildman–Crippen LogP) is 5.68. The van der Waals surface area contributed by atoms with Gasteiger partial charge in [0, 0.05) is 42.9 Å². The highest BCUT2D eigenvalue weighted by Crippen LogP contribution is 2.37. The number of nitrogens with one attached hydrogen (secondary N) is 1. The predicted molar refractivity (Wildman–Crippen MR) is 175 cm³/mol. The monoisotopic (exact) mass is 630 g/mol. The second-order valence-corrected chi connectivity index (χ2v) is 13.6. The van der Waals surface area contributed by atoms with Crippen LogP contribution in [0.1, 0.15) is 42.3 Å². The van der Waals surface area contributed by atoms with Gasteiger partial charge in [0.1, 0.15) is 5.75 Å². The van der Waals surface area contributed by atoms with E-state index in [4.69, 9.17) is 14.2 Å². The molecule has 0 radical (unpaired) electrons. The molecule has 1 N–H and O–H groups in total. The summed E-state index contributed by atoms with van der Waals surface area (Å²) in [6.07, 6.45) is 5.15. The number of carbonyl (C=O) groups excluding carboxylic acids is 1. The zero-order valence-corrected chi connectivity index (χ0v) is 27.0. The molecule has 11 heteroatoms. The average molecular weight is 631 g/mol. The Balaban J connectivity index is 1.44. The average Bonchev–Trinajstić information content (AvgIpc) is 3.00. The lowest BCUT2D eigenvalue weighted by Crippen LogP contribution is -2.37. The summed E-state index contributed by atoms with van der Waals surface area (Å²) in [5, 5.41) is 0. The maximum atomic E-state index is 13.8. The van der Waals surface area contributed by atoms with E-state index in [9.17, 15) is 13.2 Å². The van der Waals surface area contributed by atoms with Crippen molar-refractivity contribution >= 4 is 27.3 Å². The highest BCUT2D eigenvalue weighted by atomic mass is 32.2. The number of aromatic nitrogens is 2. The van der Waals surface area contributed by atoms with Gasteiger partial charge < -0.3 is 19.1 Å². The molecule has 0 unspecified atom stereocenters. The van der Waals surface area contributed by atoms with Crippen molar-refractivity contribution in [2.75, 3.05) is 49.5 Å². The van der Waals surface area contributed by atoms with E-state index in [1.54, 1.807) is 48.7 Å². The lowest BCUT2D eigenvalue weighted by atomic mass is 9.83. The fourth-order valence-corrected chi connectivity index (χ4v) is 5.74. The number of hydrogen-bond donors (Lipinski definition) is 1. The van der Waals surface area contributed by atoms with Gasteiger partial charge in [0.05, 0.1) is 25.2 Å². The van der Waals surface area contributed by atoms with E-state index < -0.39 is 10.0 Å². The van der Waals surface area contributed by atoms with Crippen molar-refractivity contribution in [3.63, 3.8) is 0 Å². The normalized spacial score (nSPS) is 13.4. The third-order valence-corrected chi connectivity index (χ3v) is 8.08. The molecule has 1 aromatic heterocycles. The van der Waals surface area contributed by atoms with Crippen LogP contribution in [0.2, 0.25) is 0 Å². The number of carbonyl (C=O) groups is 1. The van der Waals surface area contributed by atoms with Crippen molar-refractivity contribution in [2.24, 2.45) is 0 Å². The van der Waals surface area contributed by atoms with E-state index >= 15 is 0 Å². The summed E-state index contributed by atoms with van der Waals surface area (Å²) in [5.74, 6) is 0.761. The molecule has 0 saturated carbocycles. The van der Waals surface area contributed by atoms with Crippen LogP contribution in [0, 0.1) is 0 Å². The zero-order valence-electron chi connectivity index (χ0n) is 26.2. The molecule has 0 aliphatic carbocycles. The third kappa shape index (κ3) is 7.67. The minimum atomic E-state index is -3.62. The summed E-state index contributed by atoms with van der Waals surface area (Å²) >= 11 is 0. The van der Waals surface area contributed by atoms with Gasteiger partial charge in [0.15, 0.2) is 12.6 Å². The van der Waals surface area contributed by atoms with Crippen LogP contribution in [0.5, 0.6) is 5.75 Å². The summed E-state index contributed by atoms with van der Waals surface area (Å²) in [4.78, 5) is 24.5. The highest BCUT2D eigenvalue weighted by molar-refractivity contribution is 7.92. The van der Waals surface area contributed by atoms with Crippen molar-refractivity contribution in [2.45, 2.75) is 32.6 Å². The molecule has 2 heterocycles. The fraction of sp³-hybridized carbons (Fsp3) is 0.324. The number of fused-ring (bicyclic) bond motifs is 1. The van der Waals surface area contributed by atoms with Crippen molar-refractivity contribution in [1.82, 2.24) is 9.97 Å². The maximum absolute atomic E-state index is 13.8. The van der Waals surface area contributed by atoms with Crippen molar-refractivity contribution < 1.29 is 27.4 Å². The van der Waals surface area contributed by atoms with E-state index in [0.29, 0.717) is 43.3 Å². The summed E-state index contributed by atoms with van der Waals surface area (Å²) in [5.41, 5.74) is 6.34. The molecule has 0 atom stereocenters. The summed E-state index contributed by atoms with van der Waals surface area (Å²) in [6, 6.07) is 19.0. The topological polar surface area (TPSA) is 120 Å². The second kappa shape index (κ2) is 13.4. The Morgan fingerprint density at radius 2 is 1.69 bits per heavy atom. The minimum absolute atomic E-state index is 0.0490. The van der Waals surface area contributed by atoms with Gasteiger partial charge in [0.2, 0.25) is 10.0 Å². The molecule has 45 heavy (non-hydrogen) atoms. The molecule has 0 fully saturated rings. The first kappa shape index (κ1) is 32.1. The van der Waals surface area contributed by atoms with Gasteiger partial charge in [-0.3, -0.25) is 9.52 Å². The molecular formula is C34H38N4O6S. The van der Waals surface area contributed by atoms with Crippen molar-refractivity contribution in [1.29, 1.82) is 0 Å². The van der Waals surface area contributed by atoms with Gasteiger partial charge in [-0.05, 0) is 70.5 Å². The zero-order chi connectivity index (χ0) is 32.2. The van der Waals surface area contributed by atoms with Crippen LogP contribution in [0.3, 0.4) is 0 Å². The SMILES string of the molecule is COCCOCOc1ccc(N2CCc3cc(-c4ccc(C(C)(C)C)cc4-c4ncccn4)ccc3C2=O)cc1NS(C)(=O)=O. The first-order chi connectivity index (χ1) is 21.4. The summed E-state index contributed by atoms with van der Waals surface area (Å²) in [7, 11) is -2.05.